The van der Waals surface area contributed by atoms with E-state index in [9.17, 15) is 0 Å². The van der Waals surface area contributed by atoms with Gasteiger partial charge < -0.3 is 0 Å². The molecule has 0 radical (unpaired) electrons. The molecular weight excluding hydrogens is 274 g/mol. The van der Waals surface area contributed by atoms with Crippen LogP contribution in [0.3, 0.4) is 0 Å². The summed E-state index contributed by atoms with van der Waals surface area (Å²) in [5.74, 6) is 0.558. The molecule has 0 fully saturated rings. The zero-order valence-electron chi connectivity index (χ0n) is 6.24. The Kier molecular flexibility index (Phi) is 2.57. The van der Waals surface area contributed by atoms with Crippen molar-refractivity contribution in [2.75, 3.05) is 0 Å². The molecule has 0 aliphatic rings. The molecule has 2 aromatic rings. The molecular formula is C7H3BrClN3S. The van der Waals surface area contributed by atoms with Gasteiger partial charge in [-0.05, 0) is 39.6 Å². The normalized spacial score (nSPS) is 10.3. The van der Waals surface area contributed by atoms with E-state index in [4.69, 9.17) is 11.6 Å². The van der Waals surface area contributed by atoms with Gasteiger partial charge in [0.05, 0.1) is 5.02 Å². The minimum atomic E-state index is 0.558. The van der Waals surface area contributed by atoms with Gasteiger partial charge in [0.2, 0.25) is 0 Å². The molecule has 2 rings (SSSR count). The molecule has 0 saturated carbocycles. The van der Waals surface area contributed by atoms with E-state index in [0.717, 1.165) is 3.92 Å². The largest absolute Gasteiger partial charge is 0.251 e. The number of aromatic nitrogens is 3. The van der Waals surface area contributed by atoms with Crippen molar-refractivity contribution in [3.05, 3.63) is 27.3 Å². The number of rotatable bonds is 1. The average molecular weight is 277 g/mol. The van der Waals surface area contributed by atoms with Gasteiger partial charge in [0, 0.05) is 6.20 Å². The van der Waals surface area contributed by atoms with E-state index >= 15 is 0 Å². The number of halogens is 2. The van der Waals surface area contributed by atoms with E-state index < -0.39 is 0 Å². The van der Waals surface area contributed by atoms with Crippen molar-refractivity contribution in [1.82, 2.24) is 14.3 Å². The Hall–Kier alpha value is -0.520. The van der Waals surface area contributed by atoms with Gasteiger partial charge in [-0.3, -0.25) is 4.98 Å². The topological polar surface area (TPSA) is 38.7 Å². The molecule has 13 heavy (non-hydrogen) atoms. The quantitative estimate of drug-likeness (QED) is 0.803. The summed E-state index contributed by atoms with van der Waals surface area (Å²) in [7, 11) is 0. The molecule has 0 saturated heterocycles. The van der Waals surface area contributed by atoms with Crippen molar-refractivity contribution in [3.8, 4) is 11.5 Å². The third-order valence-electron chi connectivity index (χ3n) is 1.37. The van der Waals surface area contributed by atoms with Crippen LogP contribution in [0, 0.1) is 0 Å². The Morgan fingerprint density at radius 2 is 2.31 bits per heavy atom. The highest BCUT2D eigenvalue weighted by Gasteiger charge is 2.09. The SMILES string of the molecule is Clc1cccnc1-c1nsc(Br)n1. The van der Waals surface area contributed by atoms with Crippen molar-refractivity contribution < 1.29 is 0 Å². The summed E-state index contributed by atoms with van der Waals surface area (Å²) in [4.78, 5) is 8.21. The first-order chi connectivity index (χ1) is 6.27. The summed E-state index contributed by atoms with van der Waals surface area (Å²) in [5, 5.41) is 0.563. The molecule has 66 valence electrons. The summed E-state index contributed by atoms with van der Waals surface area (Å²) >= 11 is 10.4. The fraction of sp³-hybridized carbons (Fsp3) is 0. The summed E-state index contributed by atoms with van der Waals surface area (Å²) in [6.45, 7) is 0. The van der Waals surface area contributed by atoms with E-state index in [1.165, 1.54) is 11.5 Å². The van der Waals surface area contributed by atoms with Crippen molar-refractivity contribution in [3.63, 3.8) is 0 Å². The minimum absolute atomic E-state index is 0.558. The summed E-state index contributed by atoms with van der Waals surface area (Å²) in [6.07, 6.45) is 1.66. The van der Waals surface area contributed by atoms with E-state index in [1.807, 2.05) is 0 Å². The molecule has 2 heterocycles. The van der Waals surface area contributed by atoms with Crippen LogP contribution in [0.1, 0.15) is 0 Å². The zero-order chi connectivity index (χ0) is 9.26. The van der Waals surface area contributed by atoms with Crippen molar-refractivity contribution in [2.24, 2.45) is 0 Å². The molecule has 6 heteroatoms. The Morgan fingerprint density at radius 1 is 1.46 bits per heavy atom. The molecule has 0 aliphatic heterocycles. The molecule has 0 N–H and O–H groups in total. The van der Waals surface area contributed by atoms with Crippen LogP contribution in [0.4, 0.5) is 0 Å². The molecule has 2 aromatic heterocycles. The third-order valence-corrected chi connectivity index (χ3v) is 2.79. The van der Waals surface area contributed by atoms with Gasteiger partial charge in [-0.1, -0.05) is 11.6 Å². The second-order valence-electron chi connectivity index (χ2n) is 2.20. The summed E-state index contributed by atoms with van der Waals surface area (Å²) in [5.41, 5.74) is 0.617. The molecule has 0 atom stereocenters. The fourth-order valence-corrected chi connectivity index (χ4v) is 1.86. The van der Waals surface area contributed by atoms with Crippen LogP contribution in [0.2, 0.25) is 5.02 Å². The van der Waals surface area contributed by atoms with E-state index in [0.29, 0.717) is 16.5 Å². The Bertz CT molecular complexity index is 431. The van der Waals surface area contributed by atoms with E-state index in [-0.39, 0.29) is 0 Å². The molecule has 0 amide bonds. The molecule has 0 aliphatic carbocycles. The molecule has 3 nitrogen and oxygen atoms in total. The van der Waals surface area contributed by atoms with Gasteiger partial charge in [-0.15, -0.1) is 0 Å². The number of nitrogens with zero attached hydrogens (tertiary/aromatic N) is 3. The second kappa shape index (κ2) is 3.69. The van der Waals surface area contributed by atoms with E-state index in [2.05, 4.69) is 30.3 Å². The van der Waals surface area contributed by atoms with E-state index in [1.54, 1.807) is 18.3 Å². The molecule has 0 spiro atoms. The van der Waals surface area contributed by atoms with Crippen LogP contribution in [0.5, 0.6) is 0 Å². The first-order valence-corrected chi connectivity index (χ1v) is 5.32. The van der Waals surface area contributed by atoms with Crippen LogP contribution >= 0.6 is 39.1 Å². The van der Waals surface area contributed by atoms with Gasteiger partial charge in [0.15, 0.2) is 9.74 Å². The lowest BCUT2D eigenvalue weighted by molar-refractivity contribution is 1.22. The first kappa shape index (κ1) is 9.05. The predicted molar refractivity (Wildman–Crippen MR) is 55.9 cm³/mol. The third kappa shape index (κ3) is 1.87. The molecule has 0 aromatic carbocycles. The van der Waals surface area contributed by atoms with Crippen LogP contribution in [0.25, 0.3) is 11.5 Å². The maximum atomic E-state index is 5.91. The first-order valence-electron chi connectivity index (χ1n) is 3.37. The zero-order valence-corrected chi connectivity index (χ0v) is 9.40. The molecule has 0 unspecified atom stereocenters. The van der Waals surface area contributed by atoms with Crippen molar-refractivity contribution in [1.29, 1.82) is 0 Å². The van der Waals surface area contributed by atoms with Gasteiger partial charge in [0.25, 0.3) is 0 Å². The van der Waals surface area contributed by atoms with Gasteiger partial charge >= 0.3 is 0 Å². The van der Waals surface area contributed by atoms with Crippen LogP contribution in [-0.4, -0.2) is 14.3 Å². The maximum Gasteiger partial charge on any atom is 0.194 e. The second-order valence-corrected chi connectivity index (χ2v) is 4.64. The number of pyridine rings is 1. The van der Waals surface area contributed by atoms with Crippen molar-refractivity contribution in [2.45, 2.75) is 0 Å². The summed E-state index contributed by atoms with van der Waals surface area (Å²) < 4.78 is 4.81. The lowest BCUT2D eigenvalue weighted by atomic mass is 10.3. The lowest BCUT2D eigenvalue weighted by Gasteiger charge is -1.95. The maximum absolute atomic E-state index is 5.91. The van der Waals surface area contributed by atoms with Gasteiger partial charge in [0.1, 0.15) is 5.69 Å². The Balaban J connectivity index is 2.52. The average Bonchev–Trinajstić information content (AvgIpc) is 2.53. The fourth-order valence-electron chi connectivity index (χ4n) is 0.851. The number of hydrogen-bond acceptors (Lipinski definition) is 4. The monoisotopic (exact) mass is 275 g/mol. The minimum Gasteiger partial charge on any atom is -0.251 e. The predicted octanol–water partition coefficient (Wildman–Crippen LogP) is 3.02. The summed E-state index contributed by atoms with van der Waals surface area (Å²) in [6, 6.07) is 3.53. The standard InChI is InChI=1S/C7H3BrClN3S/c8-7-11-6(12-13-7)5-4(9)2-1-3-10-5/h1-3H. The highest BCUT2D eigenvalue weighted by molar-refractivity contribution is 9.11. The van der Waals surface area contributed by atoms with Gasteiger partial charge in [-0.25, -0.2) is 4.98 Å². The number of hydrogen-bond donors (Lipinski definition) is 0. The highest BCUT2D eigenvalue weighted by atomic mass is 79.9. The Labute approximate surface area is 92.1 Å². The van der Waals surface area contributed by atoms with Crippen LogP contribution in [-0.2, 0) is 0 Å². The van der Waals surface area contributed by atoms with Crippen LogP contribution in [0.15, 0.2) is 22.2 Å². The van der Waals surface area contributed by atoms with Crippen LogP contribution < -0.4 is 0 Å². The Morgan fingerprint density at radius 3 is 2.92 bits per heavy atom. The lowest BCUT2D eigenvalue weighted by Crippen LogP contribution is -1.85. The smallest absolute Gasteiger partial charge is 0.194 e. The molecule has 0 bridgehead atoms. The van der Waals surface area contributed by atoms with Crippen molar-refractivity contribution >= 4 is 39.1 Å². The van der Waals surface area contributed by atoms with Gasteiger partial charge in [-0.2, -0.15) is 4.37 Å². The highest BCUT2D eigenvalue weighted by Crippen LogP contribution is 2.25.